The zero-order chi connectivity index (χ0) is 19.5. The highest BCUT2D eigenvalue weighted by Crippen LogP contribution is 2.27. The Morgan fingerprint density at radius 3 is 2.64 bits per heavy atom. The van der Waals surface area contributed by atoms with Crippen LogP contribution >= 0.6 is 11.3 Å². The Balaban J connectivity index is 1.64. The Morgan fingerprint density at radius 1 is 1.14 bits per heavy atom. The molecule has 142 valence electrons. The van der Waals surface area contributed by atoms with Crippen molar-refractivity contribution in [1.82, 2.24) is 0 Å². The summed E-state index contributed by atoms with van der Waals surface area (Å²) < 4.78 is 10.7. The Kier molecular flexibility index (Phi) is 5.12. The molecule has 1 amide bonds. The smallest absolute Gasteiger partial charge is 0.339 e. The van der Waals surface area contributed by atoms with E-state index in [1.54, 1.807) is 35.5 Å². The Bertz CT molecular complexity index is 982. The third-order valence-electron chi connectivity index (χ3n) is 4.71. The lowest BCUT2D eigenvalue weighted by Crippen LogP contribution is -2.44. The predicted molar refractivity (Wildman–Crippen MR) is 108 cm³/mol. The van der Waals surface area contributed by atoms with Gasteiger partial charge in [-0.05, 0) is 47.3 Å². The maximum atomic E-state index is 13.4. The van der Waals surface area contributed by atoms with Crippen LogP contribution in [0.15, 0.2) is 66.0 Å². The van der Waals surface area contributed by atoms with Crippen molar-refractivity contribution in [3.05, 3.63) is 82.0 Å². The van der Waals surface area contributed by atoms with E-state index in [0.29, 0.717) is 24.3 Å². The summed E-state index contributed by atoms with van der Waals surface area (Å²) in [5, 5.41) is 1.98. The van der Waals surface area contributed by atoms with Gasteiger partial charge in [0.1, 0.15) is 5.75 Å². The number of hydrogen-bond donors (Lipinski definition) is 0. The van der Waals surface area contributed by atoms with Gasteiger partial charge in [-0.1, -0.05) is 24.3 Å². The number of methoxy groups -OCH3 is 1. The number of fused-ring (bicyclic) bond motifs is 1. The number of hydrogen-bond acceptors (Lipinski definition) is 5. The topological polar surface area (TPSA) is 55.8 Å². The molecule has 6 heteroatoms. The van der Waals surface area contributed by atoms with Gasteiger partial charge in [-0.25, -0.2) is 4.79 Å². The van der Waals surface area contributed by atoms with E-state index in [2.05, 4.69) is 0 Å². The molecular formula is C22H19NO4S. The van der Waals surface area contributed by atoms with Gasteiger partial charge in [0.15, 0.2) is 6.10 Å². The van der Waals surface area contributed by atoms with Crippen LogP contribution in [-0.2, 0) is 22.5 Å². The largest absolute Gasteiger partial charge is 0.497 e. The highest BCUT2D eigenvalue weighted by molar-refractivity contribution is 7.09. The summed E-state index contributed by atoms with van der Waals surface area (Å²) in [5.41, 5.74) is 2.10. The second-order valence-electron chi connectivity index (χ2n) is 6.46. The van der Waals surface area contributed by atoms with Crippen LogP contribution in [0.2, 0.25) is 0 Å². The molecule has 1 unspecified atom stereocenters. The number of carbonyl (C=O) groups excluding carboxylic acids is 2. The Labute approximate surface area is 167 Å². The molecule has 0 N–H and O–H groups in total. The first-order valence-corrected chi connectivity index (χ1v) is 9.80. The van der Waals surface area contributed by atoms with Crippen molar-refractivity contribution < 1.29 is 19.1 Å². The molecule has 0 bridgehead atoms. The summed E-state index contributed by atoms with van der Waals surface area (Å²) in [6, 6.07) is 18.5. The highest BCUT2D eigenvalue weighted by atomic mass is 32.1. The van der Waals surface area contributed by atoms with Crippen LogP contribution in [0, 0.1) is 0 Å². The van der Waals surface area contributed by atoms with Crippen LogP contribution in [0.25, 0.3) is 0 Å². The number of nitrogens with zero attached hydrogens (tertiary/aromatic N) is 1. The summed E-state index contributed by atoms with van der Waals surface area (Å²) in [4.78, 5) is 28.4. The summed E-state index contributed by atoms with van der Waals surface area (Å²) >= 11 is 1.58. The van der Waals surface area contributed by atoms with Crippen molar-refractivity contribution in [2.24, 2.45) is 0 Å². The van der Waals surface area contributed by atoms with Crippen LogP contribution in [0.1, 0.15) is 20.8 Å². The first-order chi connectivity index (χ1) is 13.7. The summed E-state index contributed by atoms with van der Waals surface area (Å²) in [7, 11) is 1.60. The molecule has 1 aromatic heterocycles. The number of anilines is 1. The number of thiophene rings is 1. The van der Waals surface area contributed by atoms with Gasteiger partial charge in [0.05, 0.1) is 19.2 Å². The quantitative estimate of drug-likeness (QED) is 0.613. The van der Waals surface area contributed by atoms with Crippen LogP contribution in [0.3, 0.4) is 0 Å². The van der Waals surface area contributed by atoms with Crippen molar-refractivity contribution in [1.29, 1.82) is 0 Å². The minimum absolute atomic E-state index is 0.235. The molecule has 4 rings (SSSR count). The second-order valence-corrected chi connectivity index (χ2v) is 7.49. The average Bonchev–Trinajstić information content (AvgIpc) is 3.25. The fraction of sp³-hybridized carbons (Fsp3) is 0.182. The van der Waals surface area contributed by atoms with Crippen molar-refractivity contribution in [2.45, 2.75) is 19.1 Å². The molecular weight excluding hydrogens is 374 g/mol. The molecule has 5 nitrogen and oxygen atoms in total. The third kappa shape index (κ3) is 3.64. The standard InChI is InChI=1S/C22H19NO4S/c1-26-17-10-8-16(9-11-17)23(14-18-6-4-12-28-18)21(24)20-13-15-5-2-3-7-19(15)22(25)27-20/h2-12,20H,13-14H2,1H3. The van der Waals surface area contributed by atoms with Crippen LogP contribution in [0.4, 0.5) is 5.69 Å². The number of ether oxygens (including phenoxy) is 2. The predicted octanol–water partition coefficient (Wildman–Crippen LogP) is 4.07. The molecule has 3 aromatic rings. The van der Waals surface area contributed by atoms with E-state index in [9.17, 15) is 9.59 Å². The van der Waals surface area contributed by atoms with Crippen LogP contribution < -0.4 is 9.64 Å². The number of rotatable bonds is 5. The van der Waals surface area contributed by atoms with E-state index < -0.39 is 12.1 Å². The molecule has 1 aliphatic rings. The molecule has 0 aliphatic carbocycles. The Morgan fingerprint density at radius 2 is 1.93 bits per heavy atom. The molecule has 2 aromatic carbocycles. The van der Waals surface area contributed by atoms with E-state index in [-0.39, 0.29) is 5.91 Å². The molecule has 2 heterocycles. The van der Waals surface area contributed by atoms with Crippen molar-refractivity contribution >= 4 is 28.9 Å². The van der Waals surface area contributed by atoms with Gasteiger partial charge in [-0.15, -0.1) is 11.3 Å². The fourth-order valence-corrected chi connectivity index (χ4v) is 3.95. The maximum absolute atomic E-state index is 13.4. The van der Waals surface area contributed by atoms with Crippen molar-refractivity contribution in [2.75, 3.05) is 12.0 Å². The van der Waals surface area contributed by atoms with E-state index in [4.69, 9.17) is 9.47 Å². The zero-order valence-electron chi connectivity index (χ0n) is 15.3. The molecule has 1 aliphatic heterocycles. The maximum Gasteiger partial charge on any atom is 0.339 e. The SMILES string of the molecule is COc1ccc(N(Cc2cccs2)C(=O)C2Cc3ccccc3C(=O)O2)cc1. The first kappa shape index (κ1) is 18.3. The zero-order valence-corrected chi connectivity index (χ0v) is 16.1. The summed E-state index contributed by atoms with van der Waals surface area (Å²) in [5.74, 6) is 0.0257. The summed E-state index contributed by atoms with van der Waals surface area (Å²) in [6.45, 7) is 0.415. The lowest BCUT2D eigenvalue weighted by molar-refractivity contribution is -0.127. The molecule has 28 heavy (non-hydrogen) atoms. The van der Waals surface area contributed by atoms with Crippen LogP contribution in [0.5, 0.6) is 5.75 Å². The summed E-state index contributed by atoms with van der Waals surface area (Å²) in [6.07, 6.45) is -0.470. The van der Waals surface area contributed by atoms with E-state index in [0.717, 1.165) is 16.1 Å². The number of carbonyl (C=O) groups is 2. The van der Waals surface area contributed by atoms with E-state index in [1.165, 1.54) is 0 Å². The molecule has 1 atom stereocenters. The molecule has 0 saturated carbocycles. The minimum atomic E-state index is -0.843. The fourth-order valence-electron chi connectivity index (χ4n) is 3.26. The van der Waals surface area contributed by atoms with Gasteiger partial charge < -0.3 is 14.4 Å². The lowest BCUT2D eigenvalue weighted by atomic mass is 9.98. The monoisotopic (exact) mass is 393 g/mol. The van der Waals surface area contributed by atoms with Gasteiger partial charge in [0.2, 0.25) is 0 Å². The first-order valence-electron chi connectivity index (χ1n) is 8.92. The number of esters is 1. The van der Waals surface area contributed by atoms with Crippen molar-refractivity contribution in [3.63, 3.8) is 0 Å². The highest BCUT2D eigenvalue weighted by Gasteiger charge is 2.34. The van der Waals surface area contributed by atoms with Crippen molar-refractivity contribution in [3.8, 4) is 5.75 Å². The molecule has 0 radical (unpaired) electrons. The van der Waals surface area contributed by atoms with Crippen LogP contribution in [-0.4, -0.2) is 25.1 Å². The van der Waals surface area contributed by atoms with E-state index >= 15 is 0 Å². The number of benzene rings is 2. The normalized spacial score (nSPS) is 15.5. The third-order valence-corrected chi connectivity index (χ3v) is 5.57. The molecule has 0 fully saturated rings. The van der Waals surface area contributed by atoms with Gasteiger partial charge >= 0.3 is 5.97 Å². The molecule has 0 spiro atoms. The van der Waals surface area contributed by atoms with Gasteiger partial charge in [0, 0.05) is 17.0 Å². The Hall–Kier alpha value is -3.12. The average molecular weight is 393 g/mol. The number of cyclic esters (lactones) is 1. The van der Waals surface area contributed by atoms with Gasteiger partial charge in [-0.3, -0.25) is 4.79 Å². The second kappa shape index (κ2) is 7.86. The van der Waals surface area contributed by atoms with Gasteiger partial charge in [0.25, 0.3) is 5.91 Å². The minimum Gasteiger partial charge on any atom is -0.497 e. The number of amides is 1. The molecule has 0 saturated heterocycles. The van der Waals surface area contributed by atoms with E-state index in [1.807, 2.05) is 53.9 Å². The lowest BCUT2D eigenvalue weighted by Gasteiger charge is -2.30. The van der Waals surface area contributed by atoms with Gasteiger partial charge in [-0.2, -0.15) is 0 Å².